The average molecular weight is 411 g/mol. The van der Waals surface area contributed by atoms with Crippen molar-refractivity contribution >= 4 is 49.7 Å². The topological polar surface area (TPSA) is 88.2 Å². The van der Waals surface area contributed by atoms with Gasteiger partial charge in [0.15, 0.2) is 5.65 Å². The molecule has 0 bridgehead atoms. The van der Waals surface area contributed by atoms with Crippen LogP contribution in [-0.2, 0) is 7.05 Å². The summed E-state index contributed by atoms with van der Waals surface area (Å²) in [6.07, 6.45) is 0. The quantitative estimate of drug-likeness (QED) is 0.395. The van der Waals surface area contributed by atoms with Gasteiger partial charge in [-0.15, -0.1) is 10.2 Å². The summed E-state index contributed by atoms with van der Waals surface area (Å²) in [5, 5.41) is 23.1. The number of rotatable bonds is 3. The Bertz CT molecular complexity index is 1150. The lowest BCUT2D eigenvalue weighted by atomic mass is 10.1. The normalized spacial score (nSPS) is 12.0. The van der Waals surface area contributed by atoms with Crippen LogP contribution in [0.2, 0.25) is 0 Å². The second-order valence-electron chi connectivity index (χ2n) is 5.88. The Hall–Kier alpha value is -3.00. The molecule has 0 spiro atoms. The van der Waals surface area contributed by atoms with Crippen LogP contribution in [0.3, 0.4) is 0 Å². The Kier molecular flexibility index (Phi) is 4.04. The first-order chi connectivity index (χ1) is 12.5. The smallest absolute Gasteiger partial charge is 0.265 e. The van der Waals surface area contributed by atoms with Crippen molar-refractivity contribution in [1.29, 1.82) is 0 Å². The highest BCUT2D eigenvalue weighted by Crippen LogP contribution is 2.28. The summed E-state index contributed by atoms with van der Waals surface area (Å²) in [7, 11) is 1.95. The van der Waals surface area contributed by atoms with E-state index in [2.05, 4.69) is 41.6 Å². The molecular weight excluding hydrogens is 396 g/mol. The number of fused-ring (bicyclic) bond motifs is 3. The van der Waals surface area contributed by atoms with E-state index in [-0.39, 0.29) is 5.75 Å². The third-order valence-corrected chi connectivity index (χ3v) is 4.66. The van der Waals surface area contributed by atoms with Crippen LogP contribution in [-0.4, -0.2) is 30.6 Å². The molecule has 0 unspecified atom stereocenters. The lowest BCUT2D eigenvalue weighted by molar-refractivity contribution is 0.475. The number of nitrogens with zero attached hydrogens (tertiary/aromatic N) is 5. The Morgan fingerprint density at radius 1 is 1.15 bits per heavy atom. The van der Waals surface area contributed by atoms with E-state index in [0.29, 0.717) is 5.95 Å². The third-order valence-electron chi connectivity index (χ3n) is 4.17. The molecule has 4 rings (SSSR count). The highest BCUT2D eigenvalue weighted by molar-refractivity contribution is 9.10. The third kappa shape index (κ3) is 2.88. The maximum Gasteiger partial charge on any atom is 0.265 e. The van der Waals surface area contributed by atoms with Gasteiger partial charge in [-0.3, -0.25) is 0 Å². The van der Waals surface area contributed by atoms with Gasteiger partial charge < -0.3 is 9.67 Å². The zero-order valence-electron chi connectivity index (χ0n) is 14.1. The van der Waals surface area contributed by atoms with Crippen molar-refractivity contribution in [2.24, 2.45) is 12.1 Å². The summed E-state index contributed by atoms with van der Waals surface area (Å²) in [5.74, 6) is 0.538. The van der Waals surface area contributed by atoms with Crippen molar-refractivity contribution in [2.75, 3.05) is 5.43 Å². The number of nitrogens with one attached hydrogen (secondary N) is 1. The Balaban J connectivity index is 1.69. The molecule has 0 aliphatic heterocycles. The molecule has 8 heteroatoms. The van der Waals surface area contributed by atoms with Crippen LogP contribution in [0.15, 0.2) is 52.0 Å². The van der Waals surface area contributed by atoms with Crippen LogP contribution >= 0.6 is 15.9 Å². The number of halogens is 1. The molecule has 2 N–H and O–H groups in total. The highest BCUT2D eigenvalue weighted by atomic mass is 79.9. The molecule has 0 aliphatic carbocycles. The lowest BCUT2D eigenvalue weighted by Gasteiger charge is -2.03. The second kappa shape index (κ2) is 6.38. The van der Waals surface area contributed by atoms with Crippen LogP contribution in [0.1, 0.15) is 12.5 Å². The number of anilines is 1. The standard InChI is InChI=1S/C18H15BrN6O/c1-10(11-3-6-13(26)7-4-11)21-23-18-20-17-16(22-24-18)14-9-12(19)5-8-15(14)25(17)2/h3-9,26H,1-2H3,(H,20,23,24). The van der Waals surface area contributed by atoms with E-state index < -0.39 is 0 Å². The summed E-state index contributed by atoms with van der Waals surface area (Å²) in [6, 6.07) is 12.8. The number of aryl methyl sites for hydroxylation is 1. The van der Waals surface area contributed by atoms with Gasteiger partial charge in [-0.2, -0.15) is 10.1 Å². The van der Waals surface area contributed by atoms with Crippen LogP contribution < -0.4 is 5.43 Å². The van der Waals surface area contributed by atoms with Crippen molar-refractivity contribution < 1.29 is 5.11 Å². The molecule has 2 aromatic heterocycles. The van der Waals surface area contributed by atoms with Crippen molar-refractivity contribution in [3.63, 3.8) is 0 Å². The van der Waals surface area contributed by atoms with Crippen LogP contribution in [0.4, 0.5) is 5.95 Å². The van der Waals surface area contributed by atoms with Gasteiger partial charge >= 0.3 is 0 Å². The first kappa shape index (κ1) is 16.5. The minimum Gasteiger partial charge on any atom is -0.508 e. The number of phenols is 1. The van der Waals surface area contributed by atoms with E-state index in [4.69, 9.17) is 0 Å². The minimum absolute atomic E-state index is 0.218. The average Bonchev–Trinajstić information content (AvgIpc) is 2.92. The van der Waals surface area contributed by atoms with E-state index in [1.807, 2.05) is 36.7 Å². The first-order valence-electron chi connectivity index (χ1n) is 7.91. The Morgan fingerprint density at radius 3 is 2.69 bits per heavy atom. The molecule has 26 heavy (non-hydrogen) atoms. The minimum atomic E-state index is 0.218. The number of hydrogen-bond donors (Lipinski definition) is 2. The molecule has 0 amide bonds. The number of aromatic nitrogens is 4. The molecule has 2 heterocycles. The fourth-order valence-corrected chi connectivity index (χ4v) is 3.14. The summed E-state index contributed by atoms with van der Waals surface area (Å²) in [6.45, 7) is 1.86. The van der Waals surface area contributed by atoms with Crippen LogP contribution in [0.25, 0.3) is 22.1 Å². The van der Waals surface area contributed by atoms with E-state index >= 15 is 0 Å². The van der Waals surface area contributed by atoms with Crippen molar-refractivity contribution in [3.05, 3.63) is 52.5 Å². The molecule has 2 aromatic carbocycles. The summed E-state index contributed by atoms with van der Waals surface area (Å²) >= 11 is 3.49. The summed E-state index contributed by atoms with van der Waals surface area (Å²) < 4.78 is 2.96. The van der Waals surface area contributed by atoms with Gasteiger partial charge in [0.1, 0.15) is 11.3 Å². The molecule has 7 nitrogen and oxygen atoms in total. The molecule has 0 radical (unpaired) electrons. The van der Waals surface area contributed by atoms with Crippen LogP contribution in [0.5, 0.6) is 5.75 Å². The summed E-state index contributed by atoms with van der Waals surface area (Å²) in [5.41, 5.74) is 6.99. The van der Waals surface area contributed by atoms with E-state index in [9.17, 15) is 5.11 Å². The lowest BCUT2D eigenvalue weighted by Crippen LogP contribution is -2.04. The van der Waals surface area contributed by atoms with E-state index in [1.54, 1.807) is 24.3 Å². The molecule has 130 valence electrons. The molecule has 4 aromatic rings. The van der Waals surface area contributed by atoms with Gasteiger partial charge in [-0.25, -0.2) is 5.43 Å². The first-order valence-corrected chi connectivity index (χ1v) is 8.70. The van der Waals surface area contributed by atoms with Gasteiger partial charge in [0, 0.05) is 16.9 Å². The van der Waals surface area contributed by atoms with Crippen molar-refractivity contribution in [3.8, 4) is 5.75 Å². The zero-order valence-corrected chi connectivity index (χ0v) is 15.7. The monoisotopic (exact) mass is 410 g/mol. The van der Waals surface area contributed by atoms with Gasteiger partial charge in [0.2, 0.25) is 0 Å². The SMILES string of the molecule is CC(=NNc1nnc2c3cc(Br)ccc3n(C)c2n1)c1ccc(O)cc1. The fraction of sp³-hybridized carbons (Fsp3) is 0.111. The zero-order chi connectivity index (χ0) is 18.3. The maximum atomic E-state index is 9.36. The molecule has 0 saturated heterocycles. The van der Waals surface area contributed by atoms with E-state index in [1.165, 1.54) is 0 Å². The number of phenolic OH excluding ortho intramolecular Hbond substituents is 1. The molecule has 0 atom stereocenters. The molecule has 0 fully saturated rings. The fourth-order valence-electron chi connectivity index (χ4n) is 2.78. The predicted molar refractivity (Wildman–Crippen MR) is 105 cm³/mol. The highest BCUT2D eigenvalue weighted by Gasteiger charge is 2.12. The largest absolute Gasteiger partial charge is 0.508 e. The van der Waals surface area contributed by atoms with Gasteiger partial charge in [0.25, 0.3) is 5.95 Å². The number of hydrazone groups is 1. The predicted octanol–water partition coefficient (Wildman–Crippen LogP) is 3.82. The molecule has 0 aliphatic rings. The molecule has 0 saturated carbocycles. The van der Waals surface area contributed by atoms with Crippen molar-refractivity contribution in [1.82, 2.24) is 19.7 Å². The van der Waals surface area contributed by atoms with Gasteiger partial charge in [-0.05, 0) is 55.0 Å². The number of aromatic hydroxyl groups is 1. The Labute approximate surface area is 157 Å². The Morgan fingerprint density at radius 2 is 1.92 bits per heavy atom. The van der Waals surface area contributed by atoms with Crippen molar-refractivity contribution in [2.45, 2.75) is 6.92 Å². The van der Waals surface area contributed by atoms with Crippen LogP contribution in [0, 0.1) is 0 Å². The maximum absolute atomic E-state index is 9.36. The second-order valence-corrected chi connectivity index (χ2v) is 6.80. The van der Waals surface area contributed by atoms with E-state index in [0.717, 1.165) is 37.8 Å². The van der Waals surface area contributed by atoms with Gasteiger partial charge in [0.05, 0.1) is 11.2 Å². The number of benzene rings is 2. The summed E-state index contributed by atoms with van der Waals surface area (Å²) in [4.78, 5) is 4.54. The molecular formula is C18H15BrN6O. The number of hydrogen-bond acceptors (Lipinski definition) is 6. The van der Waals surface area contributed by atoms with Gasteiger partial charge in [-0.1, -0.05) is 15.9 Å².